The Kier molecular flexibility index (Phi) is 4.06. The van der Waals surface area contributed by atoms with Crippen molar-refractivity contribution in [1.29, 1.82) is 0 Å². The highest BCUT2D eigenvalue weighted by Crippen LogP contribution is 2.36. The van der Waals surface area contributed by atoms with Crippen molar-refractivity contribution in [3.63, 3.8) is 0 Å². The molecule has 2 aliphatic heterocycles. The zero-order chi connectivity index (χ0) is 14.1. The molecule has 1 unspecified atom stereocenters. The van der Waals surface area contributed by atoms with Gasteiger partial charge in [-0.1, -0.05) is 6.92 Å². The Bertz CT molecular complexity index is 329. The normalized spacial score (nSPS) is 26.7. The van der Waals surface area contributed by atoms with Gasteiger partial charge in [0.1, 0.15) is 5.60 Å². The molecule has 19 heavy (non-hydrogen) atoms. The van der Waals surface area contributed by atoms with Crippen molar-refractivity contribution >= 4 is 6.09 Å². The molecule has 2 heterocycles. The molecule has 0 aromatic carbocycles. The standard InChI is InChI=1S/C14H26N2O3/c1-5-14(9-18-10-14)11-8-16(7-6-15-11)12(17)19-13(2,3)4/h11,15H,5-10H2,1-4H3. The Labute approximate surface area is 115 Å². The largest absolute Gasteiger partial charge is 0.444 e. The van der Waals surface area contributed by atoms with E-state index in [0.29, 0.717) is 19.1 Å². The first-order valence-corrected chi connectivity index (χ1v) is 7.15. The van der Waals surface area contributed by atoms with Gasteiger partial charge < -0.3 is 19.7 Å². The molecule has 2 rings (SSSR count). The summed E-state index contributed by atoms with van der Waals surface area (Å²) in [5.74, 6) is 0. The summed E-state index contributed by atoms with van der Waals surface area (Å²) in [6, 6.07) is 0.313. The SMILES string of the molecule is CCC1(C2CN(C(=O)OC(C)(C)C)CCN2)COC1. The fourth-order valence-electron chi connectivity index (χ4n) is 2.67. The number of hydrogen-bond donors (Lipinski definition) is 1. The predicted molar refractivity (Wildman–Crippen MR) is 73.1 cm³/mol. The van der Waals surface area contributed by atoms with Gasteiger partial charge in [0.05, 0.1) is 13.2 Å². The molecule has 0 aromatic heterocycles. The molecule has 2 fully saturated rings. The van der Waals surface area contributed by atoms with Crippen molar-refractivity contribution in [3.8, 4) is 0 Å². The van der Waals surface area contributed by atoms with E-state index in [1.807, 2.05) is 25.7 Å². The number of piperazine rings is 1. The van der Waals surface area contributed by atoms with Crippen LogP contribution in [0.4, 0.5) is 4.79 Å². The molecule has 0 spiro atoms. The van der Waals surface area contributed by atoms with Crippen LogP contribution in [0.25, 0.3) is 0 Å². The first kappa shape index (κ1) is 14.6. The van der Waals surface area contributed by atoms with Crippen molar-refractivity contribution < 1.29 is 14.3 Å². The number of hydrogen-bond acceptors (Lipinski definition) is 4. The Balaban J connectivity index is 1.95. The van der Waals surface area contributed by atoms with Crippen LogP contribution >= 0.6 is 0 Å². The summed E-state index contributed by atoms with van der Waals surface area (Å²) in [6.07, 6.45) is 0.873. The third-order valence-electron chi connectivity index (χ3n) is 4.05. The van der Waals surface area contributed by atoms with E-state index >= 15 is 0 Å². The number of nitrogens with zero attached hydrogens (tertiary/aromatic N) is 1. The number of rotatable bonds is 2. The molecule has 0 aliphatic carbocycles. The van der Waals surface area contributed by atoms with Gasteiger partial charge in [-0.25, -0.2) is 4.79 Å². The summed E-state index contributed by atoms with van der Waals surface area (Å²) in [6.45, 7) is 11.7. The lowest BCUT2D eigenvalue weighted by Crippen LogP contribution is -2.65. The zero-order valence-electron chi connectivity index (χ0n) is 12.5. The summed E-state index contributed by atoms with van der Waals surface area (Å²) in [7, 11) is 0. The van der Waals surface area contributed by atoms with Crippen LogP contribution in [0.3, 0.4) is 0 Å². The van der Waals surface area contributed by atoms with Crippen molar-refractivity contribution in [2.45, 2.75) is 45.8 Å². The minimum atomic E-state index is -0.431. The number of carbonyl (C=O) groups excluding carboxylic acids is 1. The maximum atomic E-state index is 12.1. The van der Waals surface area contributed by atoms with Crippen LogP contribution in [0.2, 0.25) is 0 Å². The van der Waals surface area contributed by atoms with Crippen molar-refractivity contribution in [1.82, 2.24) is 10.2 Å². The number of carbonyl (C=O) groups is 1. The molecule has 2 aliphatic rings. The fraction of sp³-hybridized carbons (Fsp3) is 0.929. The quantitative estimate of drug-likeness (QED) is 0.828. The molecular formula is C14H26N2O3. The van der Waals surface area contributed by atoms with Crippen LogP contribution in [0.5, 0.6) is 0 Å². The lowest BCUT2D eigenvalue weighted by molar-refractivity contribution is -0.141. The van der Waals surface area contributed by atoms with E-state index in [2.05, 4.69) is 12.2 Å². The highest BCUT2D eigenvalue weighted by molar-refractivity contribution is 5.68. The van der Waals surface area contributed by atoms with E-state index in [1.165, 1.54) is 0 Å². The molecular weight excluding hydrogens is 244 g/mol. The van der Waals surface area contributed by atoms with Crippen LogP contribution in [0.1, 0.15) is 34.1 Å². The Morgan fingerprint density at radius 2 is 2.16 bits per heavy atom. The second-order valence-electron chi connectivity index (χ2n) is 6.64. The lowest BCUT2D eigenvalue weighted by atomic mass is 9.75. The van der Waals surface area contributed by atoms with Crippen molar-refractivity contribution in [3.05, 3.63) is 0 Å². The second kappa shape index (κ2) is 5.29. The van der Waals surface area contributed by atoms with Gasteiger partial charge in [0.15, 0.2) is 0 Å². The molecule has 0 radical (unpaired) electrons. The van der Waals surface area contributed by atoms with Gasteiger partial charge in [0.2, 0.25) is 0 Å². The van der Waals surface area contributed by atoms with E-state index in [1.54, 1.807) is 0 Å². The summed E-state index contributed by atoms with van der Waals surface area (Å²) < 4.78 is 10.8. The summed E-state index contributed by atoms with van der Waals surface area (Å²) in [4.78, 5) is 13.9. The third-order valence-corrected chi connectivity index (χ3v) is 4.05. The van der Waals surface area contributed by atoms with Gasteiger partial charge >= 0.3 is 6.09 Å². The van der Waals surface area contributed by atoms with E-state index in [9.17, 15) is 4.79 Å². The molecule has 0 aromatic rings. The maximum Gasteiger partial charge on any atom is 0.410 e. The van der Waals surface area contributed by atoms with Gasteiger partial charge in [-0.05, 0) is 27.2 Å². The first-order valence-electron chi connectivity index (χ1n) is 7.15. The van der Waals surface area contributed by atoms with E-state index in [0.717, 1.165) is 26.2 Å². The minimum Gasteiger partial charge on any atom is -0.444 e. The average molecular weight is 270 g/mol. The zero-order valence-corrected chi connectivity index (χ0v) is 12.5. The van der Waals surface area contributed by atoms with E-state index < -0.39 is 5.60 Å². The first-order chi connectivity index (χ1) is 8.86. The third kappa shape index (κ3) is 3.20. The summed E-state index contributed by atoms with van der Waals surface area (Å²) >= 11 is 0. The molecule has 0 bridgehead atoms. The van der Waals surface area contributed by atoms with E-state index in [-0.39, 0.29) is 11.5 Å². The smallest absolute Gasteiger partial charge is 0.410 e. The second-order valence-corrected chi connectivity index (χ2v) is 6.64. The predicted octanol–water partition coefficient (Wildman–Crippen LogP) is 1.62. The molecule has 1 N–H and O–H groups in total. The fourth-order valence-corrected chi connectivity index (χ4v) is 2.67. The van der Waals surface area contributed by atoms with Gasteiger partial charge in [-0.3, -0.25) is 0 Å². The molecule has 5 nitrogen and oxygen atoms in total. The van der Waals surface area contributed by atoms with Crippen LogP contribution < -0.4 is 5.32 Å². The lowest BCUT2D eigenvalue weighted by Gasteiger charge is -2.50. The van der Waals surface area contributed by atoms with Crippen molar-refractivity contribution in [2.24, 2.45) is 5.41 Å². The molecule has 1 amide bonds. The highest BCUT2D eigenvalue weighted by Gasteiger charge is 2.46. The summed E-state index contributed by atoms with van der Waals surface area (Å²) in [5, 5.41) is 3.53. The topological polar surface area (TPSA) is 50.8 Å². The Morgan fingerprint density at radius 3 is 2.63 bits per heavy atom. The van der Waals surface area contributed by atoms with Crippen LogP contribution in [0, 0.1) is 5.41 Å². The van der Waals surface area contributed by atoms with Crippen molar-refractivity contribution in [2.75, 3.05) is 32.8 Å². The number of nitrogens with one attached hydrogen (secondary N) is 1. The molecule has 1 atom stereocenters. The highest BCUT2D eigenvalue weighted by atomic mass is 16.6. The summed E-state index contributed by atoms with van der Waals surface area (Å²) in [5.41, 5.74) is -0.236. The van der Waals surface area contributed by atoms with Crippen LogP contribution in [0.15, 0.2) is 0 Å². The van der Waals surface area contributed by atoms with Gasteiger partial charge in [0.25, 0.3) is 0 Å². The average Bonchev–Trinajstić information content (AvgIpc) is 2.26. The monoisotopic (exact) mass is 270 g/mol. The number of amides is 1. The number of ether oxygens (including phenoxy) is 2. The maximum absolute atomic E-state index is 12.1. The van der Waals surface area contributed by atoms with Gasteiger partial charge in [-0.2, -0.15) is 0 Å². The Morgan fingerprint density at radius 1 is 1.47 bits per heavy atom. The molecule has 2 saturated heterocycles. The van der Waals surface area contributed by atoms with Gasteiger partial charge in [0, 0.05) is 31.1 Å². The molecule has 0 saturated carbocycles. The molecule has 110 valence electrons. The van der Waals surface area contributed by atoms with Crippen LogP contribution in [-0.2, 0) is 9.47 Å². The van der Waals surface area contributed by atoms with Gasteiger partial charge in [-0.15, -0.1) is 0 Å². The molecule has 5 heteroatoms. The van der Waals surface area contributed by atoms with Crippen LogP contribution in [-0.4, -0.2) is 55.5 Å². The van der Waals surface area contributed by atoms with E-state index in [4.69, 9.17) is 9.47 Å². The minimum absolute atomic E-state index is 0.195. The Hall–Kier alpha value is -0.810.